The number of fused-ring (bicyclic) bond motifs is 1. The molecule has 0 unspecified atom stereocenters. The summed E-state index contributed by atoms with van der Waals surface area (Å²) in [5, 5.41) is 4.61. The van der Waals surface area contributed by atoms with Gasteiger partial charge < -0.3 is 5.32 Å². The van der Waals surface area contributed by atoms with E-state index in [1.807, 2.05) is 18.2 Å². The van der Waals surface area contributed by atoms with E-state index >= 15 is 0 Å². The first kappa shape index (κ1) is 14.4. The second-order valence-electron chi connectivity index (χ2n) is 5.19. The van der Waals surface area contributed by atoms with Crippen molar-refractivity contribution in [3.8, 4) is 11.1 Å². The molecule has 0 radical (unpaired) electrons. The van der Waals surface area contributed by atoms with Crippen LogP contribution in [0.15, 0.2) is 77.3 Å². The molecule has 0 fully saturated rings. The largest absolute Gasteiger partial charge is 0.338 e. The minimum atomic E-state index is 0.900. The molecule has 23 heavy (non-hydrogen) atoms. The molecule has 4 heteroatoms. The van der Waals surface area contributed by atoms with E-state index in [2.05, 4.69) is 80.2 Å². The summed E-state index contributed by atoms with van der Waals surface area (Å²) in [6, 6.07) is 24.9. The minimum Gasteiger partial charge on any atom is -0.338 e. The number of rotatable bonds is 3. The van der Waals surface area contributed by atoms with Crippen LogP contribution >= 0.6 is 27.5 Å². The summed E-state index contributed by atoms with van der Waals surface area (Å²) < 4.78 is 6.77. The van der Waals surface area contributed by atoms with Crippen LogP contribution < -0.4 is 5.32 Å². The molecule has 2 nitrogen and oxygen atoms in total. The fraction of sp³-hybridized carbons (Fsp3) is 0. The molecule has 0 atom stereocenters. The lowest BCUT2D eigenvalue weighted by molar-refractivity contribution is 1.47. The average molecular weight is 381 g/mol. The summed E-state index contributed by atoms with van der Waals surface area (Å²) in [4.78, 5) is 0. The molecule has 0 saturated carbocycles. The van der Waals surface area contributed by atoms with Gasteiger partial charge in [-0.3, -0.25) is 0 Å². The molecule has 0 amide bonds. The van der Waals surface area contributed by atoms with Gasteiger partial charge in [-0.2, -0.15) is 4.37 Å². The third-order valence-corrected chi connectivity index (χ3v) is 5.39. The van der Waals surface area contributed by atoms with Crippen LogP contribution in [0.4, 0.5) is 11.5 Å². The zero-order chi connectivity index (χ0) is 15.6. The Bertz CT molecular complexity index is 963. The van der Waals surface area contributed by atoms with E-state index in [1.54, 1.807) is 0 Å². The van der Waals surface area contributed by atoms with Gasteiger partial charge in [-0.15, -0.1) is 0 Å². The topological polar surface area (TPSA) is 24.9 Å². The molecule has 3 aromatic carbocycles. The normalized spacial score (nSPS) is 10.8. The molecule has 0 aliphatic heterocycles. The summed E-state index contributed by atoms with van der Waals surface area (Å²) in [7, 11) is 0. The zero-order valence-electron chi connectivity index (χ0n) is 12.2. The van der Waals surface area contributed by atoms with Crippen molar-refractivity contribution in [1.82, 2.24) is 4.37 Å². The minimum absolute atomic E-state index is 0.900. The zero-order valence-corrected chi connectivity index (χ0v) is 14.6. The van der Waals surface area contributed by atoms with Crippen LogP contribution in [0.25, 0.3) is 21.2 Å². The van der Waals surface area contributed by atoms with E-state index in [4.69, 9.17) is 0 Å². The lowest BCUT2D eigenvalue weighted by Gasteiger charge is -2.11. The van der Waals surface area contributed by atoms with Gasteiger partial charge in [0.25, 0.3) is 0 Å². The Morgan fingerprint density at radius 3 is 2.48 bits per heavy atom. The molecule has 0 spiro atoms. The Labute approximate surface area is 147 Å². The lowest BCUT2D eigenvalue weighted by Crippen LogP contribution is -1.93. The van der Waals surface area contributed by atoms with Crippen LogP contribution in [0.3, 0.4) is 0 Å². The molecule has 0 saturated heterocycles. The Hall–Kier alpha value is -2.17. The number of nitrogens with one attached hydrogen (secondary N) is 1. The molecular weight excluding hydrogens is 368 g/mol. The average Bonchev–Trinajstić information content (AvgIpc) is 3.01. The van der Waals surface area contributed by atoms with E-state index < -0.39 is 0 Å². The predicted octanol–water partition coefficient (Wildman–Crippen LogP) is 6.47. The molecule has 4 rings (SSSR count). The molecule has 1 N–H and O–H groups in total. The number of nitrogens with zero attached hydrogens (tertiary/aromatic N) is 1. The highest BCUT2D eigenvalue weighted by Gasteiger charge is 2.10. The van der Waals surface area contributed by atoms with Crippen LogP contribution in [0, 0.1) is 0 Å². The summed E-state index contributed by atoms with van der Waals surface area (Å²) in [6.07, 6.45) is 0. The van der Waals surface area contributed by atoms with Crippen LogP contribution in [0.2, 0.25) is 0 Å². The summed E-state index contributed by atoms with van der Waals surface area (Å²) >= 11 is 5.25. The molecule has 1 heterocycles. The van der Waals surface area contributed by atoms with Gasteiger partial charge in [0.05, 0.1) is 10.4 Å². The Balaban J connectivity index is 1.76. The Morgan fingerprint density at radius 2 is 1.61 bits per heavy atom. The number of anilines is 2. The maximum Gasteiger partial charge on any atom is 0.152 e. The van der Waals surface area contributed by atoms with Crippen LogP contribution in [-0.4, -0.2) is 4.37 Å². The third kappa shape index (κ3) is 2.76. The molecule has 0 aliphatic carbocycles. The lowest BCUT2D eigenvalue weighted by atomic mass is 10.1. The fourth-order valence-electron chi connectivity index (χ4n) is 2.57. The highest BCUT2D eigenvalue weighted by Crippen LogP contribution is 2.37. The Kier molecular flexibility index (Phi) is 3.85. The van der Waals surface area contributed by atoms with Crippen LogP contribution in [-0.2, 0) is 0 Å². The fourth-order valence-corrected chi connectivity index (χ4v) is 3.90. The highest BCUT2D eigenvalue weighted by molar-refractivity contribution is 9.10. The van der Waals surface area contributed by atoms with Crippen molar-refractivity contribution in [2.24, 2.45) is 0 Å². The second-order valence-corrected chi connectivity index (χ2v) is 6.78. The SMILES string of the molecule is Brc1c(Nc2nsc3ccccc23)cccc1-c1ccccc1. The molecule has 0 bridgehead atoms. The molecule has 112 valence electrons. The van der Waals surface area contributed by atoms with Crippen molar-refractivity contribution in [2.45, 2.75) is 0 Å². The number of aromatic nitrogens is 1. The summed E-state index contributed by atoms with van der Waals surface area (Å²) in [5.41, 5.74) is 3.36. The highest BCUT2D eigenvalue weighted by atomic mass is 79.9. The standard InChI is InChI=1S/C19H13BrN2S/c20-18-14(13-7-2-1-3-8-13)10-6-11-16(18)21-19-15-9-4-5-12-17(15)23-22-19/h1-12H,(H,21,22). The quantitative estimate of drug-likeness (QED) is 0.440. The first-order valence-corrected chi connectivity index (χ1v) is 8.85. The van der Waals surface area contributed by atoms with Crippen molar-refractivity contribution >= 4 is 49.1 Å². The smallest absolute Gasteiger partial charge is 0.152 e. The van der Waals surface area contributed by atoms with E-state index in [1.165, 1.54) is 21.8 Å². The van der Waals surface area contributed by atoms with E-state index in [0.29, 0.717) is 0 Å². The monoisotopic (exact) mass is 380 g/mol. The molecular formula is C19H13BrN2S. The summed E-state index contributed by atoms with van der Waals surface area (Å²) in [5.74, 6) is 0.900. The van der Waals surface area contributed by atoms with E-state index in [-0.39, 0.29) is 0 Å². The first-order chi connectivity index (χ1) is 11.3. The predicted molar refractivity (Wildman–Crippen MR) is 102 cm³/mol. The van der Waals surface area contributed by atoms with Gasteiger partial charge in [-0.05, 0) is 56.8 Å². The van der Waals surface area contributed by atoms with Gasteiger partial charge >= 0.3 is 0 Å². The Morgan fingerprint density at radius 1 is 0.826 bits per heavy atom. The van der Waals surface area contributed by atoms with E-state index in [9.17, 15) is 0 Å². The van der Waals surface area contributed by atoms with Crippen molar-refractivity contribution in [2.75, 3.05) is 5.32 Å². The number of hydrogen-bond donors (Lipinski definition) is 1. The van der Waals surface area contributed by atoms with Gasteiger partial charge in [0, 0.05) is 9.86 Å². The molecule has 4 aromatic rings. The third-order valence-electron chi connectivity index (χ3n) is 3.71. The van der Waals surface area contributed by atoms with Crippen LogP contribution in [0.5, 0.6) is 0 Å². The second kappa shape index (κ2) is 6.14. The summed E-state index contributed by atoms with van der Waals surface area (Å²) in [6.45, 7) is 0. The number of halogens is 1. The van der Waals surface area contributed by atoms with Crippen LogP contribution in [0.1, 0.15) is 0 Å². The first-order valence-electron chi connectivity index (χ1n) is 7.28. The molecule has 1 aromatic heterocycles. The number of benzene rings is 3. The maximum atomic E-state index is 4.54. The van der Waals surface area contributed by atoms with Crippen molar-refractivity contribution in [3.05, 3.63) is 77.3 Å². The van der Waals surface area contributed by atoms with E-state index in [0.717, 1.165) is 26.9 Å². The van der Waals surface area contributed by atoms with Gasteiger partial charge in [0.15, 0.2) is 5.82 Å². The van der Waals surface area contributed by atoms with Crippen molar-refractivity contribution < 1.29 is 0 Å². The van der Waals surface area contributed by atoms with Gasteiger partial charge in [0.2, 0.25) is 0 Å². The number of hydrogen-bond acceptors (Lipinski definition) is 3. The van der Waals surface area contributed by atoms with Crippen molar-refractivity contribution in [3.63, 3.8) is 0 Å². The van der Waals surface area contributed by atoms with Gasteiger partial charge in [-0.25, -0.2) is 0 Å². The maximum absolute atomic E-state index is 4.54. The van der Waals surface area contributed by atoms with Gasteiger partial charge in [0.1, 0.15) is 0 Å². The molecule has 0 aliphatic rings. The van der Waals surface area contributed by atoms with Gasteiger partial charge in [-0.1, -0.05) is 54.6 Å². The van der Waals surface area contributed by atoms with Crippen molar-refractivity contribution in [1.29, 1.82) is 0 Å².